The molecule has 0 unspecified atom stereocenters. The Morgan fingerprint density at radius 1 is 0.433 bits per heavy atom. The molecule has 0 bridgehead atoms. The minimum absolute atomic E-state index is 0.219. The lowest BCUT2D eigenvalue weighted by molar-refractivity contribution is 0.627. The van der Waals surface area contributed by atoms with Crippen LogP contribution in [0, 0.1) is 11.6 Å². The molecule has 4 heteroatoms. The van der Waals surface area contributed by atoms with Crippen LogP contribution in [0.15, 0.2) is 84.9 Å². The summed E-state index contributed by atoms with van der Waals surface area (Å²) in [5.74, 6) is -0.439. The van der Waals surface area contributed by atoms with E-state index in [1.165, 1.54) is 53.8 Å². The monoisotopic (exact) mass is 428 g/mol. The number of benzene rings is 4. The van der Waals surface area contributed by atoms with E-state index >= 15 is 0 Å². The molecule has 2 heterocycles. The lowest BCUT2D eigenvalue weighted by atomic mass is 10.0. The fourth-order valence-electron chi connectivity index (χ4n) is 3.90. The number of hydrogen-bond acceptors (Lipinski definition) is 2. The van der Waals surface area contributed by atoms with E-state index in [4.69, 9.17) is 0 Å². The maximum atomic E-state index is 13.2. The topological polar surface area (TPSA) is 0 Å². The largest absolute Gasteiger partial charge is 0.207 e. The van der Waals surface area contributed by atoms with Crippen molar-refractivity contribution in [3.63, 3.8) is 0 Å². The number of thiophene rings is 2. The molecule has 0 spiro atoms. The van der Waals surface area contributed by atoms with Gasteiger partial charge in [-0.2, -0.15) is 0 Å². The molecule has 0 fully saturated rings. The molecule has 6 rings (SSSR count). The highest BCUT2D eigenvalue weighted by atomic mass is 32.1. The van der Waals surface area contributed by atoms with Crippen LogP contribution in [0.25, 0.3) is 51.8 Å². The predicted molar refractivity (Wildman–Crippen MR) is 126 cm³/mol. The third-order valence-corrected chi connectivity index (χ3v) is 7.94. The highest BCUT2D eigenvalue weighted by Gasteiger charge is 2.13. The summed E-state index contributed by atoms with van der Waals surface area (Å²) in [6.45, 7) is 0. The standard InChI is InChI=1S/C26H14F2S2/c27-19-7-1-15(2-8-19)17-5-11-21-23(13-17)29-26-22-12-6-18(14-24(22)30-25(21)26)16-3-9-20(28)10-4-16/h1-14H. The summed E-state index contributed by atoms with van der Waals surface area (Å²) in [7, 11) is 0. The molecule has 6 aromatic rings. The number of rotatable bonds is 2. The van der Waals surface area contributed by atoms with Crippen molar-refractivity contribution in [2.75, 3.05) is 0 Å². The van der Waals surface area contributed by atoms with Gasteiger partial charge in [-0.25, -0.2) is 8.78 Å². The maximum absolute atomic E-state index is 13.2. The molecule has 0 radical (unpaired) electrons. The summed E-state index contributed by atoms with van der Waals surface area (Å²) in [5.41, 5.74) is 4.23. The van der Waals surface area contributed by atoms with Gasteiger partial charge in [-0.1, -0.05) is 48.5 Å². The first kappa shape index (κ1) is 17.8. The van der Waals surface area contributed by atoms with E-state index in [2.05, 4.69) is 36.4 Å². The van der Waals surface area contributed by atoms with Crippen LogP contribution in [0.2, 0.25) is 0 Å². The van der Waals surface area contributed by atoms with E-state index in [0.717, 1.165) is 22.3 Å². The number of fused-ring (bicyclic) bond motifs is 5. The SMILES string of the molecule is Fc1ccc(-c2ccc3c(c2)sc2c4ccc(-c5ccc(F)cc5)cc4sc32)cc1. The van der Waals surface area contributed by atoms with Crippen LogP contribution in [-0.2, 0) is 0 Å². The molecular weight excluding hydrogens is 414 g/mol. The number of halogens is 2. The molecule has 4 aromatic carbocycles. The smallest absolute Gasteiger partial charge is 0.123 e. The molecule has 2 aromatic heterocycles. The second kappa shape index (κ2) is 6.73. The molecule has 144 valence electrons. The van der Waals surface area contributed by atoms with Gasteiger partial charge in [0, 0.05) is 20.2 Å². The highest BCUT2D eigenvalue weighted by molar-refractivity contribution is 7.36. The molecule has 0 atom stereocenters. The summed E-state index contributed by atoms with van der Waals surface area (Å²) < 4.78 is 31.6. The first-order chi connectivity index (χ1) is 14.7. The van der Waals surface area contributed by atoms with Gasteiger partial charge < -0.3 is 0 Å². The Bertz CT molecular complexity index is 1420. The Kier molecular flexibility index (Phi) is 3.98. The van der Waals surface area contributed by atoms with E-state index < -0.39 is 0 Å². The summed E-state index contributed by atoms with van der Waals surface area (Å²) in [6, 6.07) is 26.2. The van der Waals surface area contributed by atoms with Gasteiger partial charge >= 0.3 is 0 Å². The Morgan fingerprint density at radius 2 is 0.800 bits per heavy atom. The van der Waals surface area contributed by atoms with Crippen LogP contribution in [0.5, 0.6) is 0 Å². The van der Waals surface area contributed by atoms with Crippen molar-refractivity contribution in [3.8, 4) is 22.3 Å². The molecule has 0 amide bonds. The minimum Gasteiger partial charge on any atom is -0.207 e. The molecule has 0 saturated heterocycles. The predicted octanol–water partition coefficient (Wildman–Crippen LogP) is 8.88. The molecule has 0 saturated carbocycles. The molecule has 30 heavy (non-hydrogen) atoms. The Balaban J connectivity index is 1.48. The van der Waals surface area contributed by atoms with Crippen LogP contribution >= 0.6 is 22.7 Å². The zero-order valence-electron chi connectivity index (χ0n) is 15.7. The van der Waals surface area contributed by atoms with Crippen LogP contribution in [0.3, 0.4) is 0 Å². The fraction of sp³-hybridized carbons (Fsp3) is 0. The average Bonchev–Trinajstić information content (AvgIpc) is 3.29. The molecule has 0 aliphatic rings. The highest BCUT2D eigenvalue weighted by Crippen LogP contribution is 2.45. The molecule has 0 aliphatic heterocycles. The Hall–Kier alpha value is -3.08. The zero-order chi connectivity index (χ0) is 20.2. The van der Waals surface area contributed by atoms with Crippen molar-refractivity contribution in [2.45, 2.75) is 0 Å². The molecule has 0 N–H and O–H groups in total. The van der Waals surface area contributed by atoms with Gasteiger partial charge in [-0.3, -0.25) is 0 Å². The third-order valence-electron chi connectivity index (χ3n) is 5.44. The second-order valence-corrected chi connectivity index (χ2v) is 9.40. The first-order valence-corrected chi connectivity index (χ1v) is 11.2. The lowest BCUT2D eigenvalue weighted by Gasteiger charge is -2.02. The van der Waals surface area contributed by atoms with Crippen molar-refractivity contribution in [3.05, 3.63) is 96.6 Å². The summed E-state index contributed by atoms with van der Waals surface area (Å²) in [6.07, 6.45) is 0. The van der Waals surface area contributed by atoms with Gasteiger partial charge in [0.05, 0.1) is 9.40 Å². The van der Waals surface area contributed by atoms with Gasteiger partial charge in [0.1, 0.15) is 11.6 Å². The number of hydrogen-bond donors (Lipinski definition) is 0. The summed E-state index contributed by atoms with van der Waals surface area (Å²) in [4.78, 5) is 0. The van der Waals surface area contributed by atoms with E-state index in [-0.39, 0.29) is 11.6 Å². The molecule has 0 nitrogen and oxygen atoms in total. The van der Waals surface area contributed by atoms with Crippen LogP contribution in [-0.4, -0.2) is 0 Å². The zero-order valence-corrected chi connectivity index (χ0v) is 17.3. The lowest BCUT2D eigenvalue weighted by Crippen LogP contribution is -1.78. The average molecular weight is 429 g/mol. The van der Waals surface area contributed by atoms with Crippen LogP contribution in [0.1, 0.15) is 0 Å². The van der Waals surface area contributed by atoms with Gasteiger partial charge in [0.15, 0.2) is 0 Å². The third kappa shape index (κ3) is 2.83. The van der Waals surface area contributed by atoms with E-state index in [9.17, 15) is 8.78 Å². The summed E-state index contributed by atoms with van der Waals surface area (Å²) in [5, 5.41) is 2.51. The van der Waals surface area contributed by atoms with Gasteiger partial charge in [0.2, 0.25) is 0 Å². The minimum atomic E-state index is -0.219. The second-order valence-electron chi connectivity index (χ2n) is 7.30. The fourth-order valence-corrected chi connectivity index (χ4v) is 6.63. The van der Waals surface area contributed by atoms with E-state index in [1.54, 1.807) is 22.7 Å². The first-order valence-electron chi connectivity index (χ1n) is 9.56. The Labute approximate surface area is 179 Å². The van der Waals surface area contributed by atoms with Crippen molar-refractivity contribution in [1.82, 2.24) is 0 Å². The van der Waals surface area contributed by atoms with Gasteiger partial charge in [0.25, 0.3) is 0 Å². The van der Waals surface area contributed by atoms with Crippen molar-refractivity contribution >= 4 is 52.2 Å². The van der Waals surface area contributed by atoms with Crippen molar-refractivity contribution in [2.24, 2.45) is 0 Å². The van der Waals surface area contributed by atoms with E-state index in [1.807, 2.05) is 24.3 Å². The maximum Gasteiger partial charge on any atom is 0.123 e. The van der Waals surface area contributed by atoms with Gasteiger partial charge in [-0.15, -0.1) is 22.7 Å². The molecular formula is C26H14F2S2. The van der Waals surface area contributed by atoms with E-state index in [0.29, 0.717) is 0 Å². The quantitative estimate of drug-likeness (QED) is 0.258. The normalized spacial score (nSPS) is 11.7. The summed E-state index contributed by atoms with van der Waals surface area (Å²) >= 11 is 3.60. The van der Waals surface area contributed by atoms with Crippen molar-refractivity contribution in [1.29, 1.82) is 0 Å². The van der Waals surface area contributed by atoms with Crippen LogP contribution < -0.4 is 0 Å². The van der Waals surface area contributed by atoms with Gasteiger partial charge in [-0.05, 0) is 58.7 Å². The van der Waals surface area contributed by atoms with Crippen molar-refractivity contribution < 1.29 is 8.78 Å². The van der Waals surface area contributed by atoms with Crippen LogP contribution in [0.4, 0.5) is 8.78 Å². The molecule has 0 aliphatic carbocycles. The Morgan fingerprint density at radius 3 is 1.20 bits per heavy atom.